The summed E-state index contributed by atoms with van der Waals surface area (Å²) in [6, 6.07) is 9.23. The van der Waals surface area contributed by atoms with Crippen molar-refractivity contribution in [1.82, 2.24) is 0 Å². The Hall–Kier alpha value is -1.96. The van der Waals surface area contributed by atoms with Crippen LogP contribution in [0, 0.1) is 20.8 Å². The maximum Gasteiger partial charge on any atom is 0.123 e. The average Bonchev–Trinajstić information content (AvgIpc) is 2.29. The van der Waals surface area contributed by atoms with Crippen molar-refractivity contribution in [2.45, 2.75) is 20.8 Å². The Bertz CT molecular complexity index is 551. The summed E-state index contributed by atoms with van der Waals surface area (Å²) in [5.74, 6) is 0.543. The zero-order chi connectivity index (χ0) is 12.6. The van der Waals surface area contributed by atoms with Gasteiger partial charge >= 0.3 is 0 Å². The molecule has 0 amide bonds. The van der Waals surface area contributed by atoms with Gasteiger partial charge in [-0.3, -0.25) is 0 Å². The van der Waals surface area contributed by atoms with Gasteiger partial charge in [-0.1, -0.05) is 24.3 Å². The molecule has 17 heavy (non-hydrogen) atoms. The van der Waals surface area contributed by atoms with Gasteiger partial charge in [0.05, 0.1) is 0 Å². The zero-order valence-electron chi connectivity index (χ0n) is 10.3. The maximum absolute atomic E-state index is 9.95. The summed E-state index contributed by atoms with van der Waals surface area (Å²) in [4.78, 5) is 0. The molecule has 2 rings (SSSR count). The molecule has 0 spiro atoms. The molecule has 0 saturated carbocycles. The van der Waals surface area contributed by atoms with E-state index in [0.717, 1.165) is 27.8 Å². The number of benzene rings is 2. The Balaban J connectivity index is 2.74. The van der Waals surface area contributed by atoms with Crippen LogP contribution in [0.5, 0.6) is 11.5 Å². The molecule has 0 aliphatic heterocycles. The highest BCUT2D eigenvalue weighted by Crippen LogP contribution is 2.38. The van der Waals surface area contributed by atoms with E-state index in [-0.39, 0.29) is 5.75 Å². The van der Waals surface area contributed by atoms with Crippen molar-refractivity contribution in [2.24, 2.45) is 0 Å². The molecule has 2 N–H and O–H groups in total. The Morgan fingerprint density at radius 2 is 1.53 bits per heavy atom. The van der Waals surface area contributed by atoms with E-state index >= 15 is 0 Å². The third-order valence-electron chi connectivity index (χ3n) is 3.15. The molecule has 0 saturated heterocycles. The highest BCUT2D eigenvalue weighted by atomic mass is 16.3. The lowest BCUT2D eigenvalue weighted by Gasteiger charge is -2.13. The summed E-state index contributed by atoms with van der Waals surface area (Å²) in [5.41, 5.74) is 4.31. The van der Waals surface area contributed by atoms with Crippen LogP contribution in [0.4, 0.5) is 0 Å². The first-order chi connectivity index (χ1) is 8.02. The van der Waals surface area contributed by atoms with Gasteiger partial charge in [0.2, 0.25) is 0 Å². The molecule has 2 heteroatoms. The van der Waals surface area contributed by atoms with E-state index in [4.69, 9.17) is 0 Å². The first-order valence-electron chi connectivity index (χ1n) is 5.60. The third-order valence-corrected chi connectivity index (χ3v) is 3.15. The molecule has 0 unspecified atom stereocenters. The summed E-state index contributed by atoms with van der Waals surface area (Å²) in [6.45, 7) is 5.68. The predicted octanol–water partition coefficient (Wildman–Crippen LogP) is 3.69. The minimum absolute atomic E-state index is 0.247. The van der Waals surface area contributed by atoms with Crippen LogP contribution in [0.2, 0.25) is 0 Å². The van der Waals surface area contributed by atoms with Crippen molar-refractivity contribution in [3.8, 4) is 22.6 Å². The van der Waals surface area contributed by atoms with Crippen LogP contribution >= 0.6 is 0 Å². The molecule has 0 aliphatic rings. The number of phenolic OH excluding ortho intramolecular Hbond substituents is 2. The van der Waals surface area contributed by atoms with Gasteiger partial charge < -0.3 is 10.2 Å². The van der Waals surface area contributed by atoms with Gasteiger partial charge in [0, 0.05) is 5.56 Å². The third kappa shape index (κ3) is 1.86. The van der Waals surface area contributed by atoms with Crippen LogP contribution in [0.25, 0.3) is 11.1 Å². The fraction of sp³-hybridized carbons (Fsp3) is 0.200. The molecule has 2 aromatic rings. The Morgan fingerprint density at radius 3 is 2.18 bits per heavy atom. The van der Waals surface area contributed by atoms with E-state index < -0.39 is 0 Å². The van der Waals surface area contributed by atoms with E-state index in [1.54, 1.807) is 6.07 Å². The van der Waals surface area contributed by atoms with E-state index in [0.29, 0.717) is 5.75 Å². The molecule has 2 aromatic carbocycles. The van der Waals surface area contributed by atoms with Gasteiger partial charge in [-0.2, -0.15) is 0 Å². The normalized spacial score (nSPS) is 10.5. The molecular weight excluding hydrogens is 212 g/mol. The monoisotopic (exact) mass is 228 g/mol. The molecule has 0 heterocycles. The van der Waals surface area contributed by atoms with Gasteiger partial charge in [0.25, 0.3) is 0 Å². The molecule has 0 aliphatic carbocycles. The van der Waals surface area contributed by atoms with Gasteiger partial charge in [-0.25, -0.2) is 0 Å². The zero-order valence-corrected chi connectivity index (χ0v) is 10.3. The van der Waals surface area contributed by atoms with Crippen molar-refractivity contribution in [3.05, 3.63) is 47.0 Å². The molecule has 0 radical (unpaired) electrons. The number of hydrogen-bond donors (Lipinski definition) is 2. The molecule has 0 bridgehead atoms. The molecule has 88 valence electrons. The lowest BCUT2D eigenvalue weighted by molar-refractivity contribution is 0.466. The number of hydrogen-bond acceptors (Lipinski definition) is 2. The summed E-state index contributed by atoms with van der Waals surface area (Å²) in [6.07, 6.45) is 0. The fourth-order valence-corrected chi connectivity index (χ4v) is 2.11. The van der Waals surface area contributed by atoms with Crippen LogP contribution in [0.15, 0.2) is 30.3 Å². The predicted molar refractivity (Wildman–Crippen MR) is 69.4 cm³/mol. The summed E-state index contributed by atoms with van der Waals surface area (Å²) in [7, 11) is 0. The number of rotatable bonds is 1. The average molecular weight is 228 g/mol. The Kier molecular flexibility index (Phi) is 2.80. The lowest BCUT2D eigenvalue weighted by atomic mass is 9.94. The summed E-state index contributed by atoms with van der Waals surface area (Å²) in [5, 5.41) is 19.9. The SMILES string of the molecule is Cc1ccc(-c2c(C)cccc2O)c(C)c1O. The van der Waals surface area contributed by atoms with Crippen LogP contribution in [0.3, 0.4) is 0 Å². The Labute approximate surface area is 101 Å². The first kappa shape index (κ1) is 11.5. The number of aromatic hydroxyl groups is 2. The van der Waals surface area contributed by atoms with Crippen LogP contribution < -0.4 is 0 Å². The van der Waals surface area contributed by atoms with Crippen LogP contribution in [-0.2, 0) is 0 Å². The van der Waals surface area contributed by atoms with Crippen molar-refractivity contribution < 1.29 is 10.2 Å². The summed E-state index contributed by atoms with van der Waals surface area (Å²) >= 11 is 0. The van der Waals surface area contributed by atoms with Crippen molar-refractivity contribution in [1.29, 1.82) is 0 Å². The van der Waals surface area contributed by atoms with E-state index in [9.17, 15) is 10.2 Å². The molecular formula is C15H16O2. The largest absolute Gasteiger partial charge is 0.507 e. The molecule has 2 nitrogen and oxygen atoms in total. The second-order valence-corrected chi connectivity index (χ2v) is 4.37. The second-order valence-electron chi connectivity index (χ2n) is 4.37. The highest BCUT2D eigenvalue weighted by Gasteiger charge is 2.13. The minimum atomic E-state index is 0.247. The number of aryl methyl sites for hydroxylation is 2. The minimum Gasteiger partial charge on any atom is -0.507 e. The van der Waals surface area contributed by atoms with Gasteiger partial charge in [-0.05, 0) is 49.1 Å². The molecule has 0 atom stereocenters. The smallest absolute Gasteiger partial charge is 0.123 e. The van der Waals surface area contributed by atoms with Crippen LogP contribution in [0.1, 0.15) is 16.7 Å². The molecule has 0 fully saturated rings. The lowest BCUT2D eigenvalue weighted by Crippen LogP contribution is -1.90. The van der Waals surface area contributed by atoms with E-state index in [2.05, 4.69) is 0 Å². The van der Waals surface area contributed by atoms with E-state index in [1.807, 2.05) is 45.0 Å². The quantitative estimate of drug-likeness (QED) is 0.781. The Morgan fingerprint density at radius 1 is 0.824 bits per heavy atom. The van der Waals surface area contributed by atoms with Crippen molar-refractivity contribution in [3.63, 3.8) is 0 Å². The van der Waals surface area contributed by atoms with Gasteiger partial charge in [0.15, 0.2) is 0 Å². The maximum atomic E-state index is 9.95. The topological polar surface area (TPSA) is 40.5 Å². The number of phenols is 2. The summed E-state index contributed by atoms with van der Waals surface area (Å²) < 4.78 is 0. The van der Waals surface area contributed by atoms with Crippen LogP contribution in [-0.4, -0.2) is 10.2 Å². The fourth-order valence-electron chi connectivity index (χ4n) is 2.11. The van der Waals surface area contributed by atoms with Gasteiger partial charge in [0.1, 0.15) is 11.5 Å². The second kappa shape index (κ2) is 4.13. The highest BCUT2D eigenvalue weighted by molar-refractivity contribution is 5.78. The van der Waals surface area contributed by atoms with Gasteiger partial charge in [-0.15, -0.1) is 0 Å². The van der Waals surface area contributed by atoms with Crippen molar-refractivity contribution >= 4 is 0 Å². The first-order valence-corrected chi connectivity index (χ1v) is 5.60. The van der Waals surface area contributed by atoms with E-state index in [1.165, 1.54) is 0 Å². The van der Waals surface area contributed by atoms with Crippen molar-refractivity contribution in [2.75, 3.05) is 0 Å². The standard InChI is InChI=1S/C15H16O2/c1-9-5-4-6-13(16)14(9)12-8-7-10(2)15(17)11(12)3/h4-8,16-17H,1-3H3. The molecule has 0 aromatic heterocycles.